The minimum absolute atomic E-state index is 0.0851. The molecule has 8 heteroatoms. The van der Waals surface area contributed by atoms with Crippen molar-refractivity contribution < 1.29 is 13.2 Å². The van der Waals surface area contributed by atoms with E-state index < -0.39 is 9.84 Å². The van der Waals surface area contributed by atoms with E-state index in [0.717, 1.165) is 6.26 Å². The van der Waals surface area contributed by atoms with Gasteiger partial charge in [0.05, 0.1) is 5.02 Å². The number of aromatic nitrogens is 2. The molecular formula is C11H8Cl2N2O3S. The molecule has 1 aromatic heterocycles. The van der Waals surface area contributed by atoms with Crippen molar-refractivity contribution in [2.24, 2.45) is 0 Å². The van der Waals surface area contributed by atoms with E-state index in [-0.39, 0.29) is 26.7 Å². The van der Waals surface area contributed by atoms with Crippen LogP contribution in [0.15, 0.2) is 35.2 Å². The van der Waals surface area contributed by atoms with Crippen molar-refractivity contribution in [3.05, 3.63) is 40.5 Å². The van der Waals surface area contributed by atoms with Crippen LogP contribution >= 0.6 is 23.2 Å². The van der Waals surface area contributed by atoms with Crippen molar-refractivity contribution in [3.63, 3.8) is 0 Å². The van der Waals surface area contributed by atoms with Crippen LogP contribution in [0.4, 0.5) is 0 Å². The highest BCUT2D eigenvalue weighted by Crippen LogP contribution is 2.33. The lowest BCUT2D eigenvalue weighted by atomic mass is 10.3. The maximum Gasteiger partial charge on any atom is 0.239 e. The zero-order valence-corrected chi connectivity index (χ0v) is 12.0. The summed E-state index contributed by atoms with van der Waals surface area (Å²) in [6, 6.07) is 7.49. The summed E-state index contributed by atoms with van der Waals surface area (Å²) in [6.45, 7) is 0. The summed E-state index contributed by atoms with van der Waals surface area (Å²) in [4.78, 5) is -0.0894. The van der Waals surface area contributed by atoms with Gasteiger partial charge in [-0.05, 0) is 18.2 Å². The largest absolute Gasteiger partial charge is 0.436 e. The fourth-order valence-electron chi connectivity index (χ4n) is 1.40. The van der Waals surface area contributed by atoms with Crippen LogP contribution in [0, 0.1) is 0 Å². The molecule has 0 saturated carbocycles. The molecule has 2 rings (SSSR count). The molecule has 0 spiro atoms. The van der Waals surface area contributed by atoms with E-state index in [0.29, 0.717) is 0 Å². The second-order valence-electron chi connectivity index (χ2n) is 3.64. The molecule has 1 heterocycles. The molecule has 0 amide bonds. The number of nitrogens with zero attached hydrogens (tertiary/aromatic N) is 2. The lowest BCUT2D eigenvalue weighted by Gasteiger charge is -2.10. The van der Waals surface area contributed by atoms with Crippen LogP contribution in [-0.4, -0.2) is 24.9 Å². The molecule has 1 aromatic carbocycles. The van der Waals surface area contributed by atoms with Crippen molar-refractivity contribution in [2.45, 2.75) is 4.90 Å². The number of rotatable bonds is 3. The second-order valence-corrected chi connectivity index (χ2v) is 6.38. The highest BCUT2D eigenvalue weighted by Gasteiger charge is 2.19. The van der Waals surface area contributed by atoms with E-state index >= 15 is 0 Å². The molecule has 0 aliphatic heterocycles. The van der Waals surface area contributed by atoms with Crippen LogP contribution in [0.1, 0.15) is 0 Å². The standard InChI is InChI=1S/C11H8Cl2N2O3S/c1-19(16,17)11-7(12)3-2-4-8(11)18-10-6-5-9(13)14-15-10/h2-6H,1H3. The van der Waals surface area contributed by atoms with E-state index in [2.05, 4.69) is 10.2 Å². The zero-order valence-electron chi connectivity index (χ0n) is 9.67. The molecule has 100 valence electrons. The molecular weight excluding hydrogens is 311 g/mol. The Kier molecular flexibility index (Phi) is 3.93. The number of benzene rings is 1. The molecule has 19 heavy (non-hydrogen) atoms. The maximum absolute atomic E-state index is 11.7. The first kappa shape index (κ1) is 14.0. The van der Waals surface area contributed by atoms with Crippen molar-refractivity contribution >= 4 is 33.0 Å². The van der Waals surface area contributed by atoms with Gasteiger partial charge >= 0.3 is 0 Å². The highest BCUT2D eigenvalue weighted by molar-refractivity contribution is 7.91. The third-order valence-electron chi connectivity index (χ3n) is 2.12. The first-order valence-electron chi connectivity index (χ1n) is 5.03. The molecule has 0 atom stereocenters. The van der Waals surface area contributed by atoms with Gasteiger partial charge < -0.3 is 4.74 Å². The number of ether oxygens (including phenoxy) is 1. The Morgan fingerprint density at radius 2 is 1.84 bits per heavy atom. The van der Waals surface area contributed by atoms with Gasteiger partial charge in [0, 0.05) is 12.3 Å². The van der Waals surface area contributed by atoms with Crippen LogP contribution in [0.25, 0.3) is 0 Å². The van der Waals surface area contributed by atoms with Crippen molar-refractivity contribution in [1.82, 2.24) is 10.2 Å². The Balaban J connectivity index is 2.46. The normalized spacial score (nSPS) is 11.3. The first-order chi connectivity index (χ1) is 8.88. The Hall–Kier alpha value is -1.37. The first-order valence-corrected chi connectivity index (χ1v) is 7.68. The Bertz CT molecular complexity index is 702. The fraction of sp³-hybridized carbons (Fsp3) is 0.0909. The minimum atomic E-state index is -3.52. The van der Waals surface area contributed by atoms with E-state index in [4.69, 9.17) is 27.9 Å². The summed E-state index contributed by atoms with van der Waals surface area (Å²) >= 11 is 11.5. The molecule has 0 bridgehead atoms. The molecule has 2 aromatic rings. The van der Waals surface area contributed by atoms with Gasteiger partial charge in [0.1, 0.15) is 10.6 Å². The van der Waals surface area contributed by atoms with Crippen molar-refractivity contribution in [2.75, 3.05) is 6.26 Å². The van der Waals surface area contributed by atoms with Gasteiger partial charge in [0.25, 0.3) is 0 Å². The van der Waals surface area contributed by atoms with E-state index in [1.54, 1.807) is 6.07 Å². The molecule has 0 aliphatic carbocycles. The third kappa shape index (κ3) is 3.34. The number of sulfone groups is 1. The predicted molar refractivity (Wildman–Crippen MR) is 71.7 cm³/mol. The summed E-state index contributed by atoms with van der Waals surface area (Å²) in [5.74, 6) is 0.211. The van der Waals surface area contributed by atoms with Crippen LogP contribution in [0.3, 0.4) is 0 Å². The van der Waals surface area contributed by atoms with Crippen LogP contribution < -0.4 is 4.74 Å². The third-order valence-corrected chi connectivity index (χ3v) is 3.91. The minimum Gasteiger partial charge on any atom is -0.436 e. The summed E-state index contributed by atoms with van der Waals surface area (Å²) in [5.41, 5.74) is 0. The SMILES string of the molecule is CS(=O)(=O)c1c(Cl)cccc1Oc1ccc(Cl)nn1. The average molecular weight is 319 g/mol. The summed E-state index contributed by atoms with van der Waals surface area (Å²) in [5, 5.41) is 7.58. The lowest BCUT2D eigenvalue weighted by molar-refractivity contribution is 0.442. The monoisotopic (exact) mass is 318 g/mol. The van der Waals surface area contributed by atoms with Gasteiger partial charge in [-0.25, -0.2) is 8.42 Å². The smallest absolute Gasteiger partial charge is 0.239 e. The molecule has 0 aliphatic rings. The fourth-order valence-corrected chi connectivity index (χ4v) is 2.98. The van der Waals surface area contributed by atoms with Gasteiger partial charge in [-0.15, -0.1) is 10.2 Å². The Morgan fingerprint density at radius 1 is 1.11 bits per heavy atom. The van der Waals surface area contributed by atoms with Gasteiger partial charge in [0.15, 0.2) is 15.0 Å². The summed E-state index contributed by atoms with van der Waals surface area (Å²) in [6.07, 6.45) is 1.05. The lowest BCUT2D eigenvalue weighted by Crippen LogP contribution is -2.02. The van der Waals surface area contributed by atoms with Crippen LogP contribution in [0.5, 0.6) is 11.6 Å². The Labute approximate surface area is 120 Å². The molecule has 0 saturated heterocycles. The predicted octanol–water partition coefficient (Wildman–Crippen LogP) is 2.98. The second kappa shape index (κ2) is 5.32. The quantitative estimate of drug-likeness (QED) is 0.870. The van der Waals surface area contributed by atoms with E-state index in [1.165, 1.54) is 24.3 Å². The van der Waals surface area contributed by atoms with E-state index in [1.807, 2.05) is 0 Å². The van der Waals surface area contributed by atoms with Gasteiger partial charge in [-0.1, -0.05) is 29.3 Å². The molecule has 0 radical (unpaired) electrons. The van der Waals surface area contributed by atoms with E-state index in [9.17, 15) is 8.42 Å². The zero-order chi connectivity index (χ0) is 14.0. The molecule has 0 N–H and O–H groups in total. The Morgan fingerprint density at radius 3 is 2.42 bits per heavy atom. The number of hydrogen-bond acceptors (Lipinski definition) is 5. The molecule has 0 unspecified atom stereocenters. The van der Waals surface area contributed by atoms with Crippen LogP contribution in [0.2, 0.25) is 10.2 Å². The highest BCUT2D eigenvalue weighted by atomic mass is 35.5. The number of hydrogen-bond donors (Lipinski definition) is 0. The summed E-state index contributed by atoms with van der Waals surface area (Å²) in [7, 11) is -3.52. The average Bonchev–Trinajstić information content (AvgIpc) is 2.30. The van der Waals surface area contributed by atoms with Gasteiger partial charge in [-0.3, -0.25) is 0 Å². The summed E-state index contributed by atoms with van der Waals surface area (Å²) < 4.78 is 28.8. The molecule has 5 nitrogen and oxygen atoms in total. The van der Waals surface area contributed by atoms with Gasteiger partial charge in [0.2, 0.25) is 5.88 Å². The van der Waals surface area contributed by atoms with Gasteiger partial charge in [-0.2, -0.15) is 0 Å². The van der Waals surface area contributed by atoms with Crippen LogP contribution in [-0.2, 0) is 9.84 Å². The van der Waals surface area contributed by atoms with Crippen molar-refractivity contribution in [3.8, 4) is 11.6 Å². The topological polar surface area (TPSA) is 69.2 Å². The number of halogens is 2. The maximum atomic E-state index is 11.7. The van der Waals surface area contributed by atoms with Crippen molar-refractivity contribution in [1.29, 1.82) is 0 Å². The molecule has 0 fully saturated rings.